The Hall–Kier alpha value is -1.92. The Bertz CT molecular complexity index is 824. The van der Waals surface area contributed by atoms with Crippen molar-refractivity contribution in [1.82, 2.24) is 4.37 Å². The van der Waals surface area contributed by atoms with E-state index in [-0.39, 0.29) is 0 Å². The molecule has 0 aliphatic carbocycles. The molecule has 0 bridgehead atoms. The van der Waals surface area contributed by atoms with Crippen molar-refractivity contribution in [2.24, 2.45) is 0 Å². The minimum atomic E-state index is -0.799. The number of aromatic nitrogens is 1. The maximum atomic E-state index is 11.8. The summed E-state index contributed by atoms with van der Waals surface area (Å²) in [5.74, 6) is -0.799. The van der Waals surface area contributed by atoms with Crippen molar-refractivity contribution < 1.29 is 9.90 Å². The lowest BCUT2D eigenvalue weighted by Crippen LogP contribution is -2.38. The Kier molecular flexibility index (Phi) is 2.94. The number of carboxylic acid groups (broad SMARTS) is 1. The van der Waals surface area contributed by atoms with Gasteiger partial charge in [0.1, 0.15) is 5.00 Å². The van der Waals surface area contributed by atoms with E-state index in [1.165, 1.54) is 16.4 Å². The average molecular weight is 316 g/mol. The molecule has 1 aliphatic rings. The van der Waals surface area contributed by atoms with Crippen molar-refractivity contribution in [3.8, 4) is 0 Å². The van der Waals surface area contributed by atoms with Gasteiger partial charge in [0.15, 0.2) is 6.04 Å². The Morgan fingerprint density at radius 3 is 3.05 bits per heavy atom. The standard InChI is InChI=1S/C15H12N2O2S2/c18-15(19)13-10-6-8-20-12(10)5-7-17(13)14-9-3-1-2-4-11(9)16-21-14/h1-4,6,8,13H,5,7H2,(H,18,19). The third-order valence-corrected chi connectivity index (χ3v) is 5.74. The zero-order valence-electron chi connectivity index (χ0n) is 11.0. The summed E-state index contributed by atoms with van der Waals surface area (Å²) >= 11 is 3.03. The maximum absolute atomic E-state index is 11.8. The van der Waals surface area contributed by atoms with Crippen molar-refractivity contribution in [3.05, 3.63) is 46.2 Å². The molecule has 4 rings (SSSR count). The van der Waals surface area contributed by atoms with Gasteiger partial charge < -0.3 is 10.0 Å². The first-order valence-corrected chi connectivity index (χ1v) is 8.31. The topological polar surface area (TPSA) is 53.4 Å². The first kappa shape index (κ1) is 12.8. The maximum Gasteiger partial charge on any atom is 0.331 e. The molecular formula is C15H12N2O2S2. The summed E-state index contributed by atoms with van der Waals surface area (Å²) in [6, 6.07) is 9.22. The van der Waals surface area contributed by atoms with Crippen LogP contribution in [0.15, 0.2) is 35.7 Å². The normalized spacial score (nSPS) is 17.9. The van der Waals surface area contributed by atoms with Gasteiger partial charge in [0, 0.05) is 16.8 Å². The zero-order valence-corrected chi connectivity index (χ0v) is 12.7. The lowest BCUT2D eigenvalue weighted by Gasteiger charge is -2.33. The van der Waals surface area contributed by atoms with Crippen molar-refractivity contribution in [3.63, 3.8) is 0 Å². The molecule has 6 heteroatoms. The zero-order chi connectivity index (χ0) is 14.4. The second-order valence-corrected chi connectivity index (χ2v) is 6.74. The van der Waals surface area contributed by atoms with E-state index in [4.69, 9.17) is 0 Å². The van der Waals surface area contributed by atoms with Gasteiger partial charge in [-0.1, -0.05) is 12.1 Å². The molecule has 3 aromatic rings. The molecule has 106 valence electrons. The Morgan fingerprint density at radius 2 is 2.19 bits per heavy atom. The van der Waals surface area contributed by atoms with Crippen LogP contribution in [0.25, 0.3) is 10.9 Å². The summed E-state index contributed by atoms with van der Waals surface area (Å²) in [6.07, 6.45) is 0.892. The van der Waals surface area contributed by atoms with Gasteiger partial charge in [-0.05, 0) is 47.1 Å². The fourth-order valence-electron chi connectivity index (χ4n) is 2.88. The van der Waals surface area contributed by atoms with Crippen molar-refractivity contribution in [2.45, 2.75) is 12.5 Å². The summed E-state index contributed by atoms with van der Waals surface area (Å²) < 4.78 is 4.44. The largest absolute Gasteiger partial charge is 0.479 e. The fourth-order valence-corrected chi connectivity index (χ4v) is 4.70. The highest BCUT2D eigenvalue weighted by Gasteiger charge is 2.35. The number of hydrogen-bond acceptors (Lipinski definition) is 5. The molecule has 1 aliphatic heterocycles. The molecule has 21 heavy (non-hydrogen) atoms. The number of carboxylic acids is 1. The van der Waals surface area contributed by atoms with Crippen molar-refractivity contribution >= 4 is 44.7 Å². The van der Waals surface area contributed by atoms with Gasteiger partial charge in [-0.2, -0.15) is 4.37 Å². The minimum absolute atomic E-state index is 0.608. The summed E-state index contributed by atoms with van der Waals surface area (Å²) in [5.41, 5.74) is 1.86. The predicted molar refractivity (Wildman–Crippen MR) is 85.4 cm³/mol. The SMILES string of the molecule is O=C(O)C1c2ccsc2CCN1c1snc2ccccc12. The number of hydrogen-bond donors (Lipinski definition) is 1. The van der Waals surface area contributed by atoms with Crippen LogP contribution in [0.4, 0.5) is 5.00 Å². The van der Waals surface area contributed by atoms with Crippen LogP contribution in [-0.4, -0.2) is 22.0 Å². The Morgan fingerprint density at radius 1 is 1.33 bits per heavy atom. The third-order valence-electron chi connectivity index (χ3n) is 3.83. The van der Waals surface area contributed by atoms with Gasteiger partial charge in [0.2, 0.25) is 0 Å². The smallest absolute Gasteiger partial charge is 0.331 e. The van der Waals surface area contributed by atoms with E-state index >= 15 is 0 Å². The van der Waals surface area contributed by atoms with Gasteiger partial charge in [-0.15, -0.1) is 11.3 Å². The van der Waals surface area contributed by atoms with E-state index in [2.05, 4.69) is 4.37 Å². The third kappa shape index (κ3) is 1.94. The molecule has 0 fully saturated rings. The lowest BCUT2D eigenvalue weighted by atomic mass is 10.00. The van der Waals surface area contributed by atoms with Crippen LogP contribution in [0, 0.1) is 0 Å². The molecule has 2 aromatic heterocycles. The minimum Gasteiger partial charge on any atom is -0.479 e. The second-order valence-electron chi connectivity index (χ2n) is 4.99. The van der Waals surface area contributed by atoms with E-state index < -0.39 is 12.0 Å². The van der Waals surface area contributed by atoms with E-state index in [0.717, 1.165) is 34.4 Å². The summed E-state index contributed by atoms with van der Waals surface area (Å²) in [5, 5.41) is 13.7. The number of benzene rings is 1. The summed E-state index contributed by atoms with van der Waals surface area (Å²) in [4.78, 5) is 15.0. The highest BCUT2D eigenvalue weighted by Crippen LogP contribution is 2.41. The van der Waals surface area contributed by atoms with Crippen molar-refractivity contribution in [2.75, 3.05) is 11.4 Å². The van der Waals surface area contributed by atoms with Crippen LogP contribution in [0.1, 0.15) is 16.5 Å². The van der Waals surface area contributed by atoms with E-state index in [1.54, 1.807) is 11.3 Å². The van der Waals surface area contributed by atoms with Gasteiger partial charge >= 0.3 is 5.97 Å². The summed E-state index contributed by atoms with van der Waals surface area (Å²) in [7, 11) is 0. The highest BCUT2D eigenvalue weighted by atomic mass is 32.1. The molecule has 1 N–H and O–H groups in total. The van der Waals surface area contributed by atoms with E-state index in [0.29, 0.717) is 0 Å². The van der Waals surface area contributed by atoms with E-state index in [9.17, 15) is 9.90 Å². The second kappa shape index (κ2) is 4.82. The van der Waals surface area contributed by atoms with Crippen LogP contribution in [0.2, 0.25) is 0 Å². The van der Waals surface area contributed by atoms with Crippen LogP contribution in [0.5, 0.6) is 0 Å². The van der Waals surface area contributed by atoms with Crippen LogP contribution in [0.3, 0.4) is 0 Å². The van der Waals surface area contributed by atoms with Gasteiger partial charge in [0.25, 0.3) is 0 Å². The number of aliphatic carboxylic acids is 1. The Labute approximate surface area is 129 Å². The van der Waals surface area contributed by atoms with Gasteiger partial charge in [-0.3, -0.25) is 0 Å². The number of anilines is 1. The molecule has 1 aromatic carbocycles. The first-order valence-electron chi connectivity index (χ1n) is 6.66. The molecule has 4 nitrogen and oxygen atoms in total. The molecule has 0 saturated carbocycles. The van der Waals surface area contributed by atoms with Crippen LogP contribution >= 0.6 is 22.9 Å². The average Bonchev–Trinajstić information content (AvgIpc) is 3.12. The number of fused-ring (bicyclic) bond motifs is 2. The molecule has 0 amide bonds. The van der Waals surface area contributed by atoms with Gasteiger partial charge in [-0.25, -0.2) is 4.79 Å². The first-order chi connectivity index (χ1) is 10.3. The molecule has 0 radical (unpaired) electrons. The molecule has 1 unspecified atom stereocenters. The monoisotopic (exact) mass is 316 g/mol. The molecular weight excluding hydrogens is 304 g/mol. The number of carbonyl (C=O) groups is 1. The summed E-state index contributed by atoms with van der Waals surface area (Å²) in [6.45, 7) is 0.719. The molecule has 3 heterocycles. The van der Waals surface area contributed by atoms with Crippen LogP contribution in [-0.2, 0) is 11.2 Å². The Balaban J connectivity index is 1.86. The predicted octanol–water partition coefficient (Wildman–Crippen LogP) is 3.55. The number of rotatable bonds is 2. The highest BCUT2D eigenvalue weighted by molar-refractivity contribution is 7.12. The fraction of sp³-hybridized carbons (Fsp3) is 0.200. The number of nitrogens with zero attached hydrogens (tertiary/aromatic N) is 2. The molecule has 0 saturated heterocycles. The lowest BCUT2D eigenvalue weighted by molar-refractivity contribution is -0.138. The van der Waals surface area contributed by atoms with Crippen molar-refractivity contribution in [1.29, 1.82) is 0 Å². The molecule has 1 atom stereocenters. The quantitative estimate of drug-likeness (QED) is 0.785. The van der Waals surface area contributed by atoms with Crippen LogP contribution < -0.4 is 4.90 Å². The number of thiophene rings is 1. The van der Waals surface area contributed by atoms with E-state index in [1.807, 2.05) is 40.6 Å². The van der Waals surface area contributed by atoms with Gasteiger partial charge in [0.05, 0.1) is 5.52 Å². The molecule has 0 spiro atoms.